The summed E-state index contributed by atoms with van der Waals surface area (Å²) in [7, 11) is -2.63. The van der Waals surface area contributed by atoms with Gasteiger partial charge in [0.05, 0.1) is 36.4 Å². The SMILES string of the molecule is COC[C@H](CC(=O)[C@H](COC)NC(=O)c1cnc(C)s1)C(=O)N[C@@H](Cc1ccccc1)C(=O)[C@](C)(O)COS(=O)(=O)CC(F)(F)F. The highest BCUT2D eigenvalue weighted by Gasteiger charge is 2.42. The van der Waals surface area contributed by atoms with Gasteiger partial charge in [0.2, 0.25) is 5.91 Å². The van der Waals surface area contributed by atoms with Gasteiger partial charge in [-0.15, -0.1) is 11.3 Å². The highest BCUT2D eigenvalue weighted by molar-refractivity contribution is 7.86. The van der Waals surface area contributed by atoms with Gasteiger partial charge in [-0.25, -0.2) is 4.98 Å². The molecule has 0 bridgehead atoms. The molecule has 18 heteroatoms. The normalized spacial score (nSPS) is 15.3. The minimum atomic E-state index is -5.21. The number of aliphatic hydroxyl groups is 1. The molecule has 0 unspecified atom stereocenters. The van der Waals surface area contributed by atoms with Crippen molar-refractivity contribution in [2.24, 2.45) is 5.92 Å². The first-order valence-corrected chi connectivity index (χ1v) is 16.1. The monoisotopic (exact) mass is 695 g/mol. The number of ketones is 2. The number of aryl methyl sites for hydroxylation is 1. The Balaban J connectivity index is 2.25. The lowest BCUT2D eigenvalue weighted by atomic mass is 9.90. The molecule has 2 aromatic rings. The van der Waals surface area contributed by atoms with E-state index in [1.165, 1.54) is 20.4 Å². The van der Waals surface area contributed by atoms with Crippen LogP contribution in [0.1, 0.15) is 33.6 Å². The molecule has 4 atom stereocenters. The molecule has 0 saturated heterocycles. The fourth-order valence-corrected chi connectivity index (χ4v) is 5.71. The lowest BCUT2D eigenvalue weighted by molar-refractivity contribution is -0.143. The molecule has 13 nitrogen and oxygen atoms in total. The van der Waals surface area contributed by atoms with E-state index in [0.717, 1.165) is 18.3 Å². The van der Waals surface area contributed by atoms with Crippen LogP contribution in [0.15, 0.2) is 36.5 Å². The standard InChI is InChI=1S/C28H36F3N3O10S2/c1-17-32-12-23(45-17)26(38)34-21(14-43-4)22(35)11-19(13-42-3)25(37)33-20(10-18-8-6-5-7-9-18)24(36)27(2,39)15-44-46(40,41)16-28(29,30)31/h5-9,12,19-21,39H,10-11,13-16H2,1-4H3,(H,33,37)(H,34,38)/t19-,20-,21-,27+/m0/s1. The number of nitrogens with zero attached hydrogens (tertiary/aromatic N) is 1. The number of hydrogen-bond acceptors (Lipinski definition) is 12. The summed E-state index contributed by atoms with van der Waals surface area (Å²) in [6.45, 7) is 0.648. The van der Waals surface area contributed by atoms with Crippen molar-refractivity contribution in [3.63, 3.8) is 0 Å². The Hall–Kier alpha value is -3.29. The Bertz CT molecular complexity index is 1450. The average molecular weight is 696 g/mol. The van der Waals surface area contributed by atoms with Crippen molar-refractivity contribution < 1.29 is 59.5 Å². The quantitative estimate of drug-likeness (QED) is 0.180. The second-order valence-corrected chi connectivity index (χ2v) is 13.4. The molecule has 0 aliphatic carbocycles. The lowest BCUT2D eigenvalue weighted by Crippen LogP contribution is -2.55. The second kappa shape index (κ2) is 17.0. The fraction of sp³-hybridized carbons (Fsp3) is 0.536. The molecule has 0 fully saturated rings. The zero-order valence-corrected chi connectivity index (χ0v) is 27.1. The van der Waals surface area contributed by atoms with Gasteiger partial charge >= 0.3 is 6.18 Å². The third-order valence-corrected chi connectivity index (χ3v) is 8.43. The molecule has 1 aromatic heterocycles. The maximum absolute atomic E-state index is 13.4. The first-order chi connectivity index (χ1) is 21.4. The second-order valence-electron chi connectivity index (χ2n) is 10.5. The van der Waals surface area contributed by atoms with E-state index >= 15 is 0 Å². The Morgan fingerprint density at radius 3 is 2.20 bits per heavy atom. The summed E-state index contributed by atoms with van der Waals surface area (Å²) in [4.78, 5) is 57.0. The zero-order valence-electron chi connectivity index (χ0n) is 25.5. The summed E-state index contributed by atoms with van der Waals surface area (Å²) in [5.41, 5.74) is -2.16. The van der Waals surface area contributed by atoms with E-state index in [-0.39, 0.29) is 24.5 Å². The molecule has 1 aromatic carbocycles. The number of ether oxygens (including phenoxy) is 2. The summed E-state index contributed by atoms with van der Waals surface area (Å²) in [5.74, 6) is -6.77. The molecule has 46 heavy (non-hydrogen) atoms. The number of rotatable bonds is 19. The van der Waals surface area contributed by atoms with Crippen LogP contribution >= 0.6 is 11.3 Å². The fourth-order valence-electron chi connectivity index (χ4n) is 4.13. The van der Waals surface area contributed by atoms with E-state index in [4.69, 9.17) is 9.47 Å². The van der Waals surface area contributed by atoms with Crippen LogP contribution in [0.4, 0.5) is 13.2 Å². The van der Waals surface area contributed by atoms with Crippen molar-refractivity contribution in [1.82, 2.24) is 15.6 Å². The Kier molecular flexibility index (Phi) is 14.4. The Morgan fingerprint density at radius 1 is 1.02 bits per heavy atom. The predicted molar refractivity (Wildman–Crippen MR) is 158 cm³/mol. The summed E-state index contributed by atoms with van der Waals surface area (Å²) in [5, 5.41) is 16.4. The van der Waals surface area contributed by atoms with Crippen LogP contribution in [0.2, 0.25) is 0 Å². The number of nitrogens with one attached hydrogen (secondary N) is 2. The zero-order chi connectivity index (χ0) is 34.7. The summed E-state index contributed by atoms with van der Waals surface area (Å²) in [6, 6.07) is 5.44. The largest absolute Gasteiger partial charge is 0.405 e. The van der Waals surface area contributed by atoms with Gasteiger partial charge in [0.15, 0.2) is 17.3 Å². The predicted octanol–water partition coefficient (Wildman–Crippen LogP) is 1.37. The van der Waals surface area contributed by atoms with E-state index < -0.39 is 82.1 Å². The number of hydrogen-bond donors (Lipinski definition) is 3. The van der Waals surface area contributed by atoms with E-state index in [9.17, 15) is 45.9 Å². The molecule has 0 saturated carbocycles. The van der Waals surface area contributed by atoms with Crippen molar-refractivity contribution in [3.8, 4) is 0 Å². The number of amides is 2. The first-order valence-electron chi connectivity index (χ1n) is 13.7. The maximum Gasteiger partial charge on any atom is 0.405 e. The molecule has 2 rings (SSSR count). The third kappa shape index (κ3) is 12.8. The molecule has 0 aliphatic heterocycles. The van der Waals surface area contributed by atoms with E-state index in [1.54, 1.807) is 37.3 Å². The molecule has 0 aliphatic rings. The van der Waals surface area contributed by atoms with Gasteiger partial charge in [-0.05, 0) is 25.8 Å². The van der Waals surface area contributed by atoms with Crippen LogP contribution in [0.25, 0.3) is 0 Å². The summed E-state index contributed by atoms with van der Waals surface area (Å²) >= 11 is 1.11. The van der Waals surface area contributed by atoms with Crippen LogP contribution in [0.3, 0.4) is 0 Å². The van der Waals surface area contributed by atoms with Gasteiger partial charge in [-0.2, -0.15) is 21.6 Å². The van der Waals surface area contributed by atoms with Crippen LogP contribution in [-0.2, 0) is 44.6 Å². The number of carbonyl (C=O) groups excluding carboxylic acids is 4. The maximum atomic E-state index is 13.4. The highest BCUT2D eigenvalue weighted by Crippen LogP contribution is 2.21. The molecule has 256 valence electrons. The van der Waals surface area contributed by atoms with Gasteiger partial charge in [0.25, 0.3) is 16.0 Å². The average Bonchev–Trinajstić information content (AvgIpc) is 3.40. The van der Waals surface area contributed by atoms with Gasteiger partial charge in [-0.1, -0.05) is 30.3 Å². The van der Waals surface area contributed by atoms with Gasteiger partial charge in [0, 0.05) is 20.6 Å². The number of benzene rings is 1. The van der Waals surface area contributed by atoms with Crippen LogP contribution in [0.5, 0.6) is 0 Å². The molecular weight excluding hydrogens is 659 g/mol. The van der Waals surface area contributed by atoms with E-state index in [1.807, 2.05) is 0 Å². The Morgan fingerprint density at radius 2 is 1.65 bits per heavy atom. The third-order valence-electron chi connectivity index (χ3n) is 6.37. The van der Waals surface area contributed by atoms with Crippen LogP contribution in [0, 0.1) is 12.8 Å². The number of methoxy groups -OCH3 is 2. The molecule has 3 N–H and O–H groups in total. The number of alkyl halides is 3. The molecule has 2 amide bonds. The molecule has 0 radical (unpaired) electrons. The number of aromatic nitrogens is 1. The van der Waals surface area contributed by atoms with Crippen molar-refractivity contribution in [1.29, 1.82) is 0 Å². The van der Waals surface area contributed by atoms with Gasteiger partial charge in [-0.3, -0.25) is 23.4 Å². The topological polar surface area (TPSA) is 187 Å². The van der Waals surface area contributed by atoms with Crippen molar-refractivity contribution >= 4 is 44.8 Å². The molecular formula is C28H36F3N3O10S2. The minimum Gasteiger partial charge on any atom is -0.384 e. The van der Waals surface area contributed by atoms with Crippen molar-refractivity contribution in [3.05, 3.63) is 52.0 Å². The number of thiazole rings is 1. The number of Topliss-reactive ketones (excluding diaryl/α,β-unsaturated/α-hetero) is 2. The van der Waals surface area contributed by atoms with Crippen molar-refractivity contribution in [2.45, 2.75) is 50.6 Å². The van der Waals surface area contributed by atoms with E-state index in [2.05, 4.69) is 19.8 Å². The summed E-state index contributed by atoms with van der Waals surface area (Å²) < 4.78 is 75.8. The molecule has 0 spiro atoms. The lowest BCUT2D eigenvalue weighted by Gasteiger charge is -2.29. The van der Waals surface area contributed by atoms with Crippen LogP contribution in [-0.4, -0.2) is 106 Å². The van der Waals surface area contributed by atoms with E-state index in [0.29, 0.717) is 10.6 Å². The van der Waals surface area contributed by atoms with Crippen molar-refractivity contribution in [2.75, 3.05) is 39.8 Å². The number of halogens is 3. The highest BCUT2D eigenvalue weighted by atomic mass is 32.2. The molecule has 1 heterocycles. The smallest absolute Gasteiger partial charge is 0.384 e. The summed E-state index contributed by atoms with van der Waals surface area (Å²) in [6.07, 6.45) is -4.48. The number of carbonyl (C=O) groups is 4. The van der Waals surface area contributed by atoms with Gasteiger partial charge in [0.1, 0.15) is 23.1 Å². The minimum absolute atomic E-state index is 0.221. The van der Waals surface area contributed by atoms with Crippen LogP contribution < -0.4 is 10.6 Å². The first kappa shape index (κ1) is 38.9. The van der Waals surface area contributed by atoms with Gasteiger partial charge < -0.3 is 25.2 Å². The Labute approximate surface area is 267 Å².